The summed E-state index contributed by atoms with van der Waals surface area (Å²) in [5, 5.41) is 0. The lowest BCUT2D eigenvalue weighted by Crippen LogP contribution is -2.17. The molecule has 152 valence electrons. The molecule has 0 fully saturated rings. The number of carbonyl (C=O) groups is 1. The van der Waals surface area contributed by atoms with Crippen molar-refractivity contribution in [2.75, 3.05) is 0 Å². The molecule has 4 rings (SSSR count). The number of halogens is 5. The maximum absolute atomic E-state index is 15.2. The van der Waals surface area contributed by atoms with Gasteiger partial charge in [0.05, 0.1) is 0 Å². The maximum Gasteiger partial charge on any atom is 0.433 e. The van der Waals surface area contributed by atoms with Crippen molar-refractivity contribution in [3.8, 4) is 22.4 Å². The van der Waals surface area contributed by atoms with Crippen LogP contribution in [0.5, 0.6) is 0 Å². The van der Waals surface area contributed by atoms with Gasteiger partial charge in [0.15, 0.2) is 5.69 Å². The van der Waals surface area contributed by atoms with Crippen LogP contribution >= 0.6 is 0 Å². The van der Waals surface area contributed by atoms with Gasteiger partial charge in [-0.1, -0.05) is 36.4 Å². The summed E-state index contributed by atoms with van der Waals surface area (Å²) in [6.45, 7) is 0. The van der Waals surface area contributed by atoms with E-state index in [1.165, 1.54) is 42.5 Å². The predicted molar refractivity (Wildman–Crippen MR) is 99.5 cm³/mol. The molecular weight excluding hydrogens is 405 g/mol. The fraction of sp³-hybridized carbons (Fsp3) is 0.0476. The first kappa shape index (κ1) is 19.6. The van der Waals surface area contributed by atoms with Gasteiger partial charge in [-0.05, 0) is 23.8 Å². The third-order valence-electron chi connectivity index (χ3n) is 4.58. The number of amides is 1. The molecule has 30 heavy (non-hydrogen) atoms. The van der Waals surface area contributed by atoms with Crippen LogP contribution in [0.4, 0.5) is 22.0 Å². The van der Waals surface area contributed by atoms with Crippen molar-refractivity contribution in [1.29, 1.82) is 0 Å². The average molecular weight is 417 g/mol. The fourth-order valence-corrected chi connectivity index (χ4v) is 3.37. The molecule has 9 heteroatoms. The molecule has 0 aliphatic heterocycles. The van der Waals surface area contributed by atoms with E-state index < -0.39 is 51.8 Å². The minimum atomic E-state index is -4.88. The first-order valence-corrected chi connectivity index (χ1v) is 8.62. The lowest BCUT2D eigenvalue weighted by molar-refractivity contribution is -0.141. The van der Waals surface area contributed by atoms with Crippen LogP contribution in [-0.4, -0.2) is 15.3 Å². The number of rotatable bonds is 3. The number of hydrogen-bond acceptors (Lipinski definition) is 2. The number of primary amides is 1. The third-order valence-corrected chi connectivity index (χ3v) is 4.58. The van der Waals surface area contributed by atoms with Crippen LogP contribution in [0, 0.1) is 11.6 Å². The van der Waals surface area contributed by atoms with Gasteiger partial charge in [-0.15, -0.1) is 0 Å². The third kappa shape index (κ3) is 3.08. The first-order valence-electron chi connectivity index (χ1n) is 8.62. The highest BCUT2D eigenvalue weighted by Crippen LogP contribution is 2.43. The molecule has 0 aliphatic rings. The Labute approximate surface area is 166 Å². The molecule has 2 heterocycles. The SMILES string of the molecule is NC(=O)c1c(F)cc(-c2nc3ccccn3c2C(F)(F)F)c(-c2ccccc2)c1F. The van der Waals surface area contributed by atoms with Crippen LogP contribution < -0.4 is 5.73 Å². The normalized spacial score (nSPS) is 11.8. The molecule has 4 aromatic rings. The number of nitrogens with zero attached hydrogens (tertiary/aromatic N) is 2. The van der Waals surface area contributed by atoms with Gasteiger partial charge in [0.2, 0.25) is 0 Å². The number of aromatic nitrogens is 2. The van der Waals surface area contributed by atoms with Gasteiger partial charge in [0, 0.05) is 17.3 Å². The number of pyridine rings is 1. The van der Waals surface area contributed by atoms with Crippen LogP contribution in [0.3, 0.4) is 0 Å². The highest BCUT2D eigenvalue weighted by atomic mass is 19.4. The van der Waals surface area contributed by atoms with E-state index in [0.29, 0.717) is 6.07 Å². The summed E-state index contributed by atoms with van der Waals surface area (Å²) in [7, 11) is 0. The highest BCUT2D eigenvalue weighted by molar-refractivity contribution is 5.97. The molecule has 1 amide bonds. The Hall–Kier alpha value is -3.75. The van der Waals surface area contributed by atoms with E-state index >= 15 is 4.39 Å². The van der Waals surface area contributed by atoms with E-state index in [1.807, 2.05) is 0 Å². The van der Waals surface area contributed by atoms with E-state index in [2.05, 4.69) is 4.98 Å². The van der Waals surface area contributed by atoms with Gasteiger partial charge in [-0.3, -0.25) is 9.20 Å². The zero-order valence-electron chi connectivity index (χ0n) is 15.0. The molecule has 0 aliphatic carbocycles. The van der Waals surface area contributed by atoms with Gasteiger partial charge in [0.25, 0.3) is 5.91 Å². The zero-order valence-corrected chi connectivity index (χ0v) is 15.0. The minimum Gasteiger partial charge on any atom is -0.365 e. The second kappa shape index (κ2) is 6.94. The minimum absolute atomic E-state index is 0.0568. The number of benzene rings is 2. The molecule has 2 aromatic carbocycles. The standard InChI is InChI=1S/C21H12F5N3O/c22-13-10-12(15(11-6-2-1-3-7-11)17(23)16(13)20(27)30)18-19(21(24,25)26)29-9-5-4-8-14(29)28-18/h1-10H,(H2,27,30). The summed E-state index contributed by atoms with van der Waals surface area (Å²) in [5.41, 5.74) is 1.43. The summed E-state index contributed by atoms with van der Waals surface area (Å²) in [6.07, 6.45) is -3.72. The molecule has 0 saturated carbocycles. The zero-order chi connectivity index (χ0) is 21.6. The Bertz CT molecular complexity index is 1280. The topological polar surface area (TPSA) is 60.4 Å². The van der Waals surface area contributed by atoms with Crippen molar-refractivity contribution in [3.63, 3.8) is 0 Å². The van der Waals surface area contributed by atoms with Crippen molar-refractivity contribution in [3.05, 3.63) is 83.7 Å². The van der Waals surface area contributed by atoms with Crippen LogP contribution in [0.15, 0.2) is 60.8 Å². The average Bonchev–Trinajstić information content (AvgIpc) is 3.07. The summed E-state index contributed by atoms with van der Waals surface area (Å²) < 4.78 is 72.4. The number of fused-ring (bicyclic) bond motifs is 1. The van der Waals surface area contributed by atoms with Gasteiger partial charge in [0.1, 0.15) is 28.5 Å². The number of nitrogens with two attached hydrogens (primary N) is 1. The monoisotopic (exact) mass is 417 g/mol. The Morgan fingerprint density at radius 1 is 1.00 bits per heavy atom. The maximum atomic E-state index is 15.2. The van der Waals surface area contributed by atoms with Crippen LogP contribution in [0.1, 0.15) is 16.1 Å². The van der Waals surface area contributed by atoms with Gasteiger partial charge >= 0.3 is 6.18 Å². The van der Waals surface area contributed by atoms with E-state index in [-0.39, 0.29) is 11.2 Å². The molecule has 2 aromatic heterocycles. The Morgan fingerprint density at radius 3 is 2.30 bits per heavy atom. The number of imidazole rings is 1. The molecule has 4 nitrogen and oxygen atoms in total. The molecule has 0 spiro atoms. The second-order valence-electron chi connectivity index (χ2n) is 6.44. The summed E-state index contributed by atoms with van der Waals surface area (Å²) in [6, 6.07) is 12.4. The molecule has 0 saturated heterocycles. The number of alkyl halides is 3. The van der Waals surface area contributed by atoms with E-state index in [1.54, 1.807) is 6.07 Å². The van der Waals surface area contributed by atoms with Crippen molar-refractivity contribution in [2.24, 2.45) is 5.73 Å². The van der Waals surface area contributed by atoms with Crippen LogP contribution in [0.2, 0.25) is 0 Å². The van der Waals surface area contributed by atoms with Crippen LogP contribution in [0.25, 0.3) is 28.0 Å². The molecule has 0 radical (unpaired) electrons. The first-order chi connectivity index (χ1) is 14.2. The van der Waals surface area contributed by atoms with Crippen molar-refractivity contribution in [1.82, 2.24) is 9.38 Å². The lowest BCUT2D eigenvalue weighted by atomic mass is 9.93. The van der Waals surface area contributed by atoms with Gasteiger partial charge in [-0.25, -0.2) is 13.8 Å². The second-order valence-corrected chi connectivity index (χ2v) is 6.44. The molecule has 2 N–H and O–H groups in total. The lowest BCUT2D eigenvalue weighted by Gasteiger charge is -2.15. The predicted octanol–water partition coefficient (Wildman–Crippen LogP) is 5.06. The van der Waals surface area contributed by atoms with Crippen molar-refractivity contribution < 1.29 is 26.7 Å². The van der Waals surface area contributed by atoms with Gasteiger partial charge < -0.3 is 5.73 Å². The quantitative estimate of drug-likeness (QED) is 0.474. The van der Waals surface area contributed by atoms with E-state index in [9.17, 15) is 22.4 Å². The summed E-state index contributed by atoms with van der Waals surface area (Å²) in [4.78, 5) is 15.6. The summed E-state index contributed by atoms with van der Waals surface area (Å²) in [5.74, 6) is -4.10. The van der Waals surface area contributed by atoms with Gasteiger partial charge in [-0.2, -0.15) is 13.2 Å². The summed E-state index contributed by atoms with van der Waals surface area (Å²) >= 11 is 0. The van der Waals surface area contributed by atoms with Crippen molar-refractivity contribution >= 4 is 11.6 Å². The molecular formula is C21H12F5N3O. The Kier molecular flexibility index (Phi) is 4.53. The molecule has 0 bridgehead atoms. The largest absolute Gasteiger partial charge is 0.433 e. The van der Waals surface area contributed by atoms with Crippen LogP contribution in [-0.2, 0) is 6.18 Å². The Morgan fingerprint density at radius 2 is 1.67 bits per heavy atom. The molecule has 0 unspecified atom stereocenters. The Balaban J connectivity index is 2.17. The van der Waals surface area contributed by atoms with E-state index in [0.717, 1.165) is 10.6 Å². The van der Waals surface area contributed by atoms with Crippen molar-refractivity contribution in [2.45, 2.75) is 6.18 Å². The smallest absolute Gasteiger partial charge is 0.365 e. The number of hydrogen-bond donors (Lipinski definition) is 1. The van der Waals surface area contributed by atoms with E-state index in [4.69, 9.17) is 5.73 Å². The highest BCUT2D eigenvalue weighted by Gasteiger charge is 2.40. The fourth-order valence-electron chi connectivity index (χ4n) is 3.37. The molecule has 0 atom stereocenters. The number of carbonyl (C=O) groups excluding carboxylic acids is 1.